The minimum atomic E-state index is -4.10. The Labute approximate surface area is 151 Å². The van der Waals surface area contributed by atoms with Crippen LogP contribution in [0.3, 0.4) is 0 Å². The minimum Gasteiger partial charge on any atom is -0.748 e. The second kappa shape index (κ2) is 15.1. The molecule has 0 aromatic rings. The van der Waals surface area contributed by atoms with Gasteiger partial charge in [0.25, 0.3) is 0 Å². The van der Waals surface area contributed by atoms with Crippen LogP contribution >= 0.6 is 0 Å². The van der Waals surface area contributed by atoms with Crippen LogP contribution in [0.4, 0.5) is 0 Å². The molecular weight excluding hydrogens is 310 g/mol. The molecule has 0 saturated carbocycles. The molecule has 0 aliphatic heterocycles. The third kappa shape index (κ3) is 36.1. The first-order valence-electron chi connectivity index (χ1n) is 4.21. The predicted molar refractivity (Wildman–Crippen MR) is 52.5 cm³/mol. The molecule has 18 heavy (non-hydrogen) atoms. The van der Waals surface area contributed by atoms with Crippen LogP contribution in [0, 0.1) is 0 Å². The van der Waals surface area contributed by atoms with Crippen molar-refractivity contribution in [2.75, 3.05) is 24.7 Å². The van der Waals surface area contributed by atoms with E-state index in [0.717, 1.165) is 0 Å². The third-order valence-corrected chi connectivity index (χ3v) is 2.68. The SMILES string of the molecule is O=S(=O)([O-])CCCO.O=S(=O)([O-])CCCO.[Na+].[Na+]. The largest absolute Gasteiger partial charge is 1.00 e. The molecule has 0 aliphatic rings. The Morgan fingerprint density at radius 1 is 0.722 bits per heavy atom. The molecule has 0 saturated heterocycles. The molecule has 0 unspecified atom stereocenters. The van der Waals surface area contributed by atoms with Gasteiger partial charge in [0, 0.05) is 24.7 Å². The summed E-state index contributed by atoms with van der Waals surface area (Å²) < 4.78 is 58.3. The van der Waals surface area contributed by atoms with Crippen molar-refractivity contribution in [1.29, 1.82) is 0 Å². The van der Waals surface area contributed by atoms with E-state index in [1.165, 1.54) is 0 Å². The van der Waals surface area contributed by atoms with Gasteiger partial charge in [-0.1, -0.05) is 0 Å². The van der Waals surface area contributed by atoms with Crippen LogP contribution in [0.15, 0.2) is 0 Å². The predicted octanol–water partition coefficient (Wildman–Crippen LogP) is -8.16. The van der Waals surface area contributed by atoms with Gasteiger partial charge in [0.15, 0.2) is 0 Å². The molecule has 2 N–H and O–H groups in total. The van der Waals surface area contributed by atoms with Crippen molar-refractivity contribution < 1.29 is 95.3 Å². The van der Waals surface area contributed by atoms with Gasteiger partial charge in [-0.2, -0.15) is 0 Å². The Morgan fingerprint density at radius 3 is 1.00 bits per heavy atom. The summed E-state index contributed by atoms with van der Waals surface area (Å²) in [7, 11) is -8.19. The maximum absolute atomic E-state index is 9.72. The van der Waals surface area contributed by atoms with Crippen molar-refractivity contribution in [2.24, 2.45) is 0 Å². The van der Waals surface area contributed by atoms with Gasteiger partial charge in [0.2, 0.25) is 0 Å². The maximum Gasteiger partial charge on any atom is 1.00 e. The monoisotopic (exact) mass is 324 g/mol. The maximum atomic E-state index is 9.72. The van der Waals surface area contributed by atoms with Crippen molar-refractivity contribution in [2.45, 2.75) is 12.8 Å². The van der Waals surface area contributed by atoms with Crippen molar-refractivity contribution in [3.8, 4) is 0 Å². The molecule has 0 radical (unpaired) electrons. The summed E-state index contributed by atoms with van der Waals surface area (Å²) in [5.74, 6) is -0.938. The van der Waals surface area contributed by atoms with Gasteiger partial charge in [-0.25, -0.2) is 16.8 Å². The van der Waals surface area contributed by atoms with Crippen LogP contribution in [0.25, 0.3) is 0 Å². The summed E-state index contributed by atoms with van der Waals surface area (Å²) in [6, 6.07) is 0. The molecule has 0 bridgehead atoms. The third-order valence-electron chi connectivity index (χ3n) is 1.10. The normalized spacial score (nSPS) is 10.4. The molecule has 0 atom stereocenters. The van der Waals surface area contributed by atoms with Gasteiger partial charge < -0.3 is 19.3 Å². The van der Waals surface area contributed by atoms with Crippen molar-refractivity contribution in [3.63, 3.8) is 0 Å². The number of hydrogen-bond donors (Lipinski definition) is 2. The van der Waals surface area contributed by atoms with E-state index in [1.54, 1.807) is 0 Å². The van der Waals surface area contributed by atoms with E-state index in [-0.39, 0.29) is 85.2 Å². The molecule has 0 spiro atoms. The summed E-state index contributed by atoms with van der Waals surface area (Å²) >= 11 is 0. The van der Waals surface area contributed by atoms with Crippen LogP contribution in [-0.4, -0.2) is 60.9 Å². The van der Waals surface area contributed by atoms with Crippen molar-refractivity contribution >= 4 is 20.2 Å². The second-order valence-electron chi connectivity index (χ2n) is 2.68. The molecule has 0 aliphatic carbocycles. The number of aliphatic hydroxyl groups excluding tert-OH is 2. The summed E-state index contributed by atoms with van der Waals surface area (Å²) in [6.45, 7) is -0.497. The molecule has 0 aromatic heterocycles. The first-order chi connectivity index (χ1) is 7.12. The van der Waals surface area contributed by atoms with Gasteiger partial charge in [-0.3, -0.25) is 0 Å². The number of rotatable bonds is 6. The second-order valence-corrected chi connectivity index (χ2v) is 5.73. The Hall–Kier alpha value is 1.74. The summed E-state index contributed by atoms with van der Waals surface area (Å²) in [4.78, 5) is 0. The van der Waals surface area contributed by atoms with E-state index in [4.69, 9.17) is 10.2 Å². The van der Waals surface area contributed by atoms with E-state index < -0.39 is 31.7 Å². The van der Waals surface area contributed by atoms with Crippen LogP contribution in [0.1, 0.15) is 12.8 Å². The van der Waals surface area contributed by atoms with Crippen molar-refractivity contribution in [3.05, 3.63) is 0 Å². The van der Waals surface area contributed by atoms with Crippen molar-refractivity contribution in [1.82, 2.24) is 0 Å². The molecule has 0 heterocycles. The van der Waals surface area contributed by atoms with Gasteiger partial charge in [0.05, 0.1) is 20.2 Å². The zero-order chi connectivity index (χ0) is 13.2. The standard InChI is InChI=1S/2C3H8O4S.2Na/c2*4-2-1-3-8(5,6)7;;/h2*4H,1-3H2,(H,5,6,7);;/q;;2*+1/p-2. The van der Waals surface area contributed by atoms with E-state index >= 15 is 0 Å². The van der Waals surface area contributed by atoms with Crippen LogP contribution in [0.2, 0.25) is 0 Å². The molecule has 8 nitrogen and oxygen atoms in total. The number of hydrogen-bond acceptors (Lipinski definition) is 8. The van der Waals surface area contributed by atoms with E-state index in [0.29, 0.717) is 0 Å². The van der Waals surface area contributed by atoms with Gasteiger partial charge in [-0.05, 0) is 12.8 Å². The molecule has 12 heteroatoms. The average molecular weight is 324 g/mol. The molecule has 0 rings (SSSR count). The van der Waals surface area contributed by atoms with E-state index in [2.05, 4.69) is 0 Å². The number of aliphatic hydroxyl groups is 2. The van der Waals surface area contributed by atoms with Crippen LogP contribution in [-0.2, 0) is 20.2 Å². The van der Waals surface area contributed by atoms with Gasteiger partial charge in [-0.15, -0.1) is 0 Å². The Morgan fingerprint density at radius 2 is 0.944 bits per heavy atom. The zero-order valence-electron chi connectivity index (χ0n) is 10.4. The summed E-state index contributed by atoms with van der Waals surface area (Å²) in [6.07, 6.45) is 0.0671. The molecule has 0 aromatic carbocycles. The van der Waals surface area contributed by atoms with Gasteiger partial charge in [0.1, 0.15) is 0 Å². The first kappa shape index (κ1) is 28.0. The van der Waals surface area contributed by atoms with Crippen LogP contribution in [0.5, 0.6) is 0 Å². The Bertz CT molecular complexity index is 316. The molecular formula is C6H14Na2O8S2. The first-order valence-corrected chi connectivity index (χ1v) is 7.36. The zero-order valence-corrected chi connectivity index (χ0v) is 16.0. The fourth-order valence-corrected chi connectivity index (χ4v) is 1.45. The van der Waals surface area contributed by atoms with Crippen LogP contribution < -0.4 is 59.1 Å². The van der Waals surface area contributed by atoms with Gasteiger partial charge >= 0.3 is 59.1 Å². The topological polar surface area (TPSA) is 155 Å². The minimum absolute atomic E-state index is 0. The fraction of sp³-hybridized carbons (Fsp3) is 1.00. The summed E-state index contributed by atoms with van der Waals surface area (Å²) in [5.41, 5.74) is 0. The quantitative estimate of drug-likeness (QED) is 0.360. The molecule has 0 fully saturated rings. The Kier molecular flexibility index (Phi) is 23.5. The average Bonchev–Trinajstić information content (AvgIpc) is 2.10. The van der Waals surface area contributed by atoms with E-state index in [1.807, 2.05) is 0 Å². The van der Waals surface area contributed by atoms with E-state index in [9.17, 15) is 25.9 Å². The molecule has 100 valence electrons. The summed E-state index contributed by atoms with van der Waals surface area (Å²) in [5, 5.41) is 16.1. The fourth-order valence-electron chi connectivity index (χ4n) is 0.483. The Balaban J connectivity index is -0.0000000980. The smallest absolute Gasteiger partial charge is 0.748 e. The molecule has 0 amide bonds.